The predicted molar refractivity (Wildman–Crippen MR) is 69.6 cm³/mol. The molecule has 2 rings (SSSR count). The molecule has 17 heavy (non-hydrogen) atoms. The zero-order valence-electron chi connectivity index (χ0n) is 11.2. The zero-order chi connectivity index (χ0) is 12.3. The standard InChI is InChI=1S/C15H26O2/c1-12(2)9-13-5-3-7-15(16,10-13)14-6-4-8-17-11-14/h11-13,16H,3-10H2,1-2H3. The van der Waals surface area contributed by atoms with Crippen LogP contribution in [-0.2, 0) is 4.74 Å². The Morgan fingerprint density at radius 3 is 2.94 bits per heavy atom. The van der Waals surface area contributed by atoms with E-state index in [9.17, 15) is 5.11 Å². The third kappa shape index (κ3) is 3.25. The Labute approximate surface area is 105 Å². The molecule has 1 aliphatic carbocycles. The highest BCUT2D eigenvalue weighted by atomic mass is 16.5. The highest BCUT2D eigenvalue weighted by Gasteiger charge is 2.38. The van der Waals surface area contributed by atoms with Crippen LogP contribution in [0.1, 0.15) is 58.8 Å². The molecule has 1 heterocycles. The van der Waals surface area contributed by atoms with Crippen LogP contribution in [0.3, 0.4) is 0 Å². The Kier molecular flexibility index (Phi) is 4.13. The lowest BCUT2D eigenvalue weighted by atomic mass is 9.71. The van der Waals surface area contributed by atoms with Gasteiger partial charge < -0.3 is 9.84 Å². The van der Waals surface area contributed by atoms with Crippen molar-refractivity contribution >= 4 is 0 Å². The molecule has 0 aromatic rings. The number of hydrogen-bond acceptors (Lipinski definition) is 2. The fourth-order valence-corrected chi connectivity index (χ4v) is 3.43. The van der Waals surface area contributed by atoms with Crippen molar-refractivity contribution < 1.29 is 9.84 Å². The highest BCUT2D eigenvalue weighted by molar-refractivity contribution is 5.17. The molecule has 0 aromatic carbocycles. The normalized spacial score (nSPS) is 34.4. The van der Waals surface area contributed by atoms with E-state index in [1.807, 2.05) is 6.26 Å². The molecule has 2 nitrogen and oxygen atoms in total. The lowest BCUT2D eigenvalue weighted by Gasteiger charge is -2.40. The fraction of sp³-hybridized carbons (Fsp3) is 0.867. The second-order valence-corrected chi connectivity index (χ2v) is 6.24. The number of ether oxygens (including phenoxy) is 1. The summed E-state index contributed by atoms with van der Waals surface area (Å²) >= 11 is 0. The van der Waals surface area contributed by atoms with Crippen LogP contribution in [-0.4, -0.2) is 17.3 Å². The Hall–Kier alpha value is -0.500. The molecule has 2 heteroatoms. The average molecular weight is 238 g/mol. The molecule has 0 aromatic heterocycles. The highest BCUT2D eigenvalue weighted by Crippen LogP contribution is 2.41. The number of hydrogen-bond donors (Lipinski definition) is 1. The summed E-state index contributed by atoms with van der Waals surface area (Å²) < 4.78 is 5.39. The van der Waals surface area contributed by atoms with Gasteiger partial charge in [0.15, 0.2) is 0 Å². The third-order valence-corrected chi connectivity index (χ3v) is 4.17. The van der Waals surface area contributed by atoms with Crippen LogP contribution < -0.4 is 0 Å². The lowest BCUT2D eigenvalue weighted by molar-refractivity contribution is 0.00322. The zero-order valence-corrected chi connectivity index (χ0v) is 11.2. The van der Waals surface area contributed by atoms with Gasteiger partial charge in [0.2, 0.25) is 0 Å². The van der Waals surface area contributed by atoms with Crippen LogP contribution >= 0.6 is 0 Å². The minimum atomic E-state index is -0.557. The van der Waals surface area contributed by atoms with Gasteiger partial charge in [-0.2, -0.15) is 0 Å². The molecule has 0 radical (unpaired) electrons. The van der Waals surface area contributed by atoms with Crippen LogP contribution in [0, 0.1) is 11.8 Å². The summed E-state index contributed by atoms with van der Waals surface area (Å²) in [5.41, 5.74) is 0.593. The van der Waals surface area contributed by atoms with Gasteiger partial charge in [-0.1, -0.05) is 20.3 Å². The van der Waals surface area contributed by atoms with E-state index in [-0.39, 0.29) is 0 Å². The first kappa shape index (κ1) is 12.9. The molecular formula is C15H26O2. The van der Waals surface area contributed by atoms with E-state index in [0.717, 1.165) is 50.2 Å². The summed E-state index contributed by atoms with van der Waals surface area (Å²) in [5.74, 6) is 1.43. The third-order valence-electron chi connectivity index (χ3n) is 4.17. The Morgan fingerprint density at radius 2 is 2.29 bits per heavy atom. The van der Waals surface area contributed by atoms with Crippen molar-refractivity contribution in [3.63, 3.8) is 0 Å². The molecule has 0 saturated heterocycles. The second kappa shape index (κ2) is 5.43. The number of aliphatic hydroxyl groups is 1. The molecule has 1 N–H and O–H groups in total. The lowest BCUT2D eigenvalue weighted by Crippen LogP contribution is -2.38. The minimum absolute atomic E-state index is 0.557. The molecule has 2 unspecified atom stereocenters. The number of rotatable bonds is 3. The van der Waals surface area contributed by atoms with Gasteiger partial charge in [0, 0.05) is 0 Å². The Bertz CT molecular complexity index is 283. The van der Waals surface area contributed by atoms with Crippen LogP contribution in [0.25, 0.3) is 0 Å². The van der Waals surface area contributed by atoms with Crippen LogP contribution in [0.5, 0.6) is 0 Å². The molecule has 1 fully saturated rings. The van der Waals surface area contributed by atoms with Gasteiger partial charge in [-0.25, -0.2) is 0 Å². The van der Waals surface area contributed by atoms with Gasteiger partial charge in [0.1, 0.15) is 0 Å². The molecular weight excluding hydrogens is 212 g/mol. The van der Waals surface area contributed by atoms with E-state index >= 15 is 0 Å². The quantitative estimate of drug-likeness (QED) is 0.813. The van der Waals surface area contributed by atoms with Gasteiger partial charge in [-0.3, -0.25) is 0 Å². The van der Waals surface area contributed by atoms with Crippen molar-refractivity contribution in [2.45, 2.75) is 64.4 Å². The Morgan fingerprint density at radius 1 is 1.47 bits per heavy atom. The maximum absolute atomic E-state index is 10.8. The van der Waals surface area contributed by atoms with Crippen LogP contribution in [0.2, 0.25) is 0 Å². The molecule has 1 saturated carbocycles. The van der Waals surface area contributed by atoms with E-state index in [4.69, 9.17) is 4.74 Å². The molecule has 0 bridgehead atoms. The van der Waals surface area contributed by atoms with Gasteiger partial charge in [-0.15, -0.1) is 0 Å². The summed E-state index contributed by atoms with van der Waals surface area (Å²) in [6, 6.07) is 0. The second-order valence-electron chi connectivity index (χ2n) is 6.24. The summed E-state index contributed by atoms with van der Waals surface area (Å²) in [5, 5.41) is 10.8. The first-order chi connectivity index (χ1) is 8.10. The SMILES string of the molecule is CC(C)CC1CCCC(O)(C2=COCCC2)C1. The average Bonchev–Trinajstić information content (AvgIpc) is 2.29. The summed E-state index contributed by atoms with van der Waals surface area (Å²) in [6.07, 6.45) is 9.47. The van der Waals surface area contributed by atoms with E-state index in [0.29, 0.717) is 5.92 Å². The maximum Gasteiger partial charge on any atom is 0.0891 e. The van der Waals surface area contributed by atoms with Gasteiger partial charge in [0.25, 0.3) is 0 Å². The fourth-order valence-electron chi connectivity index (χ4n) is 3.43. The monoisotopic (exact) mass is 238 g/mol. The van der Waals surface area contributed by atoms with E-state index < -0.39 is 5.60 Å². The summed E-state index contributed by atoms with van der Waals surface area (Å²) in [4.78, 5) is 0. The molecule has 0 amide bonds. The van der Waals surface area contributed by atoms with E-state index in [1.165, 1.54) is 12.8 Å². The minimum Gasteiger partial charge on any atom is -0.501 e. The summed E-state index contributed by atoms with van der Waals surface area (Å²) in [6.45, 7) is 5.36. The van der Waals surface area contributed by atoms with Crippen molar-refractivity contribution in [3.05, 3.63) is 11.8 Å². The maximum atomic E-state index is 10.8. The molecule has 98 valence electrons. The van der Waals surface area contributed by atoms with Crippen LogP contribution in [0.4, 0.5) is 0 Å². The van der Waals surface area contributed by atoms with Crippen molar-refractivity contribution in [3.8, 4) is 0 Å². The predicted octanol–water partition coefficient (Wildman–Crippen LogP) is 3.65. The molecule has 1 aliphatic heterocycles. The topological polar surface area (TPSA) is 29.5 Å². The van der Waals surface area contributed by atoms with Crippen LogP contribution in [0.15, 0.2) is 11.8 Å². The van der Waals surface area contributed by atoms with E-state index in [2.05, 4.69) is 13.8 Å². The van der Waals surface area contributed by atoms with Gasteiger partial charge in [0.05, 0.1) is 18.5 Å². The molecule has 2 atom stereocenters. The molecule has 2 aliphatic rings. The van der Waals surface area contributed by atoms with E-state index in [1.54, 1.807) is 0 Å². The first-order valence-electron chi connectivity index (χ1n) is 7.14. The van der Waals surface area contributed by atoms with Crippen molar-refractivity contribution in [1.29, 1.82) is 0 Å². The Balaban J connectivity index is 2.01. The smallest absolute Gasteiger partial charge is 0.0891 e. The van der Waals surface area contributed by atoms with Gasteiger partial charge >= 0.3 is 0 Å². The van der Waals surface area contributed by atoms with Crippen molar-refractivity contribution in [2.24, 2.45) is 11.8 Å². The largest absolute Gasteiger partial charge is 0.501 e. The van der Waals surface area contributed by atoms with Gasteiger partial charge in [-0.05, 0) is 55.9 Å². The first-order valence-corrected chi connectivity index (χ1v) is 7.14. The van der Waals surface area contributed by atoms with Crippen molar-refractivity contribution in [1.82, 2.24) is 0 Å². The summed E-state index contributed by atoms with van der Waals surface area (Å²) in [7, 11) is 0. The van der Waals surface area contributed by atoms with Crippen molar-refractivity contribution in [2.75, 3.05) is 6.61 Å². The molecule has 0 spiro atoms.